The molecule has 11 nitrogen and oxygen atoms in total. The number of anilines is 1. The van der Waals surface area contributed by atoms with Crippen molar-refractivity contribution in [1.82, 2.24) is 14.7 Å². The first-order chi connectivity index (χ1) is 13.4. The molecule has 0 aliphatic rings. The molecule has 0 aliphatic heterocycles. The molecular weight excluding hydrogens is 392 g/mol. The Morgan fingerprint density at radius 1 is 1.07 bits per heavy atom. The van der Waals surface area contributed by atoms with E-state index in [1.54, 1.807) is 22.9 Å². The van der Waals surface area contributed by atoms with Crippen LogP contribution in [0.3, 0.4) is 0 Å². The van der Waals surface area contributed by atoms with Crippen LogP contribution in [-0.4, -0.2) is 45.2 Å². The van der Waals surface area contributed by atoms with E-state index in [1.807, 2.05) is 6.92 Å². The van der Waals surface area contributed by atoms with Crippen molar-refractivity contribution in [2.24, 2.45) is 0 Å². The van der Waals surface area contributed by atoms with Crippen LogP contribution in [0.1, 0.15) is 13.3 Å². The molecule has 0 atom stereocenters. The van der Waals surface area contributed by atoms with Crippen LogP contribution in [0.15, 0.2) is 30.3 Å². The Balaban J connectivity index is 2.07. The van der Waals surface area contributed by atoms with E-state index in [9.17, 15) is 13.2 Å². The third-order valence-corrected chi connectivity index (χ3v) is 3.89. The summed E-state index contributed by atoms with van der Waals surface area (Å²) in [6.07, 6.45) is 0.728. The minimum absolute atomic E-state index is 0.0597. The molecule has 152 valence electrons. The van der Waals surface area contributed by atoms with Crippen molar-refractivity contribution >= 4 is 22.3 Å². The maximum atomic E-state index is 12.1. The van der Waals surface area contributed by atoms with Crippen molar-refractivity contribution in [2.45, 2.75) is 13.3 Å². The van der Waals surface area contributed by atoms with Gasteiger partial charge in [-0.2, -0.15) is 18.4 Å². The molecule has 0 saturated heterocycles. The summed E-state index contributed by atoms with van der Waals surface area (Å²) in [4.78, 5) is 19.7. The quantitative estimate of drug-likeness (QED) is 0.630. The van der Waals surface area contributed by atoms with Gasteiger partial charge in [0.05, 0.1) is 26.9 Å². The summed E-state index contributed by atoms with van der Waals surface area (Å²) < 4.78 is 46.2. The van der Waals surface area contributed by atoms with Gasteiger partial charge in [-0.25, -0.2) is 9.52 Å². The van der Waals surface area contributed by atoms with Crippen LogP contribution in [0, 0.1) is 0 Å². The summed E-state index contributed by atoms with van der Waals surface area (Å²) in [7, 11) is -1.77. The topological polar surface area (TPSA) is 138 Å². The average molecular weight is 412 g/mol. The molecule has 2 N–H and O–H groups in total. The van der Waals surface area contributed by atoms with E-state index in [1.165, 1.54) is 26.4 Å². The lowest BCUT2D eigenvalue weighted by molar-refractivity contribution is 0.255. The normalized spacial score (nSPS) is 10.7. The Bertz CT molecular complexity index is 899. The Morgan fingerprint density at radius 2 is 1.68 bits per heavy atom. The second-order valence-corrected chi connectivity index (χ2v) is 6.44. The third-order valence-electron chi connectivity index (χ3n) is 3.05. The molecule has 0 spiro atoms. The van der Waals surface area contributed by atoms with Gasteiger partial charge in [-0.05, 0) is 18.6 Å². The largest absolute Gasteiger partial charge is 0.490 e. The number of carbonyl (C=O) groups is 1. The van der Waals surface area contributed by atoms with Gasteiger partial charge in [0.25, 0.3) is 0 Å². The highest BCUT2D eigenvalue weighted by molar-refractivity contribution is 7.85. The van der Waals surface area contributed by atoms with Crippen molar-refractivity contribution in [1.29, 1.82) is 0 Å². The van der Waals surface area contributed by atoms with E-state index >= 15 is 0 Å². The number of hydrogen-bond donors (Lipinski definition) is 2. The number of nitrogens with zero attached hydrogens (tertiary/aromatic N) is 2. The minimum atomic E-state index is -4.49. The van der Waals surface area contributed by atoms with Crippen molar-refractivity contribution in [3.8, 4) is 23.3 Å². The number of hydrogen-bond acceptors (Lipinski definition) is 9. The van der Waals surface area contributed by atoms with Gasteiger partial charge in [-0.3, -0.25) is 5.32 Å². The zero-order valence-electron chi connectivity index (χ0n) is 15.5. The highest BCUT2D eigenvalue weighted by atomic mass is 32.2. The zero-order chi connectivity index (χ0) is 20.6. The predicted octanol–water partition coefficient (Wildman–Crippen LogP) is 1.73. The van der Waals surface area contributed by atoms with Crippen LogP contribution in [0.5, 0.6) is 23.3 Å². The Kier molecular flexibility index (Phi) is 7.21. The number of rotatable bonds is 9. The SMILES string of the molecule is CCCOc1ccccc1OS(=O)(=O)NC(=O)Nc1nc(OC)cc(OC)n1. The molecule has 0 radical (unpaired) electrons. The van der Waals surface area contributed by atoms with Crippen LogP contribution in [0.25, 0.3) is 0 Å². The van der Waals surface area contributed by atoms with Gasteiger partial charge in [0.15, 0.2) is 11.5 Å². The first kappa shape index (κ1) is 21.0. The van der Waals surface area contributed by atoms with E-state index in [4.69, 9.17) is 18.4 Å². The summed E-state index contributed by atoms with van der Waals surface area (Å²) in [5.74, 6) is 0.175. The number of amides is 2. The first-order valence-electron chi connectivity index (χ1n) is 8.09. The van der Waals surface area contributed by atoms with Gasteiger partial charge < -0.3 is 18.4 Å². The molecule has 2 amide bonds. The predicted molar refractivity (Wildman–Crippen MR) is 99.1 cm³/mol. The van der Waals surface area contributed by atoms with Crippen LogP contribution < -0.4 is 28.4 Å². The van der Waals surface area contributed by atoms with Crippen LogP contribution in [-0.2, 0) is 10.3 Å². The van der Waals surface area contributed by atoms with E-state index < -0.39 is 16.3 Å². The van der Waals surface area contributed by atoms with Crippen LogP contribution >= 0.6 is 0 Å². The summed E-state index contributed by atoms with van der Waals surface area (Å²) in [6.45, 7) is 2.28. The fourth-order valence-electron chi connectivity index (χ4n) is 1.90. The smallest absolute Gasteiger partial charge is 0.411 e. The van der Waals surface area contributed by atoms with Crippen molar-refractivity contribution in [3.05, 3.63) is 30.3 Å². The molecule has 0 fully saturated rings. The highest BCUT2D eigenvalue weighted by Gasteiger charge is 2.20. The summed E-state index contributed by atoms with van der Waals surface area (Å²) in [5, 5.41) is 2.16. The molecule has 12 heteroatoms. The Labute approximate surface area is 162 Å². The van der Waals surface area contributed by atoms with Gasteiger partial charge in [0.1, 0.15) is 0 Å². The zero-order valence-corrected chi connectivity index (χ0v) is 16.3. The average Bonchev–Trinajstić information content (AvgIpc) is 2.66. The van der Waals surface area contributed by atoms with Crippen LogP contribution in [0.4, 0.5) is 10.7 Å². The molecular formula is C16H20N4O7S. The van der Waals surface area contributed by atoms with Gasteiger partial charge in [0, 0.05) is 0 Å². The number of carbonyl (C=O) groups excluding carboxylic acids is 1. The molecule has 0 bridgehead atoms. The summed E-state index contributed by atoms with van der Waals surface area (Å²) >= 11 is 0. The van der Waals surface area contributed by atoms with Gasteiger partial charge >= 0.3 is 16.3 Å². The number of benzene rings is 1. The summed E-state index contributed by atoms with van der Waals surface area (Å²) in [5.41, 5.74) is 0. The maximum Gasteiger partial charge on any atom is 0.411 e. The number of ether oxygens (including phenoxy) is 3. The molecule has 2 rings (SSSR count). The van der Waals surface area contributed by atoms with E-state index in [-0.39, 0.29) is 29.2 Å². The lowest BCUT2D eigenvalue weighted by atomic mass is 10.3. The first-order valence-corrected chi connectivity index (χ1v) is 9.49. The van der Waals surface area contributed by atoms with Gasteiger partial charge in [0.2, 0.25) is 17.7 Å². The number of urea groups is 1. The van der Waals surface area contributed by atoms with Crippen LogP contribution in [0.2, 0.25) is 0 Å². The summed E-state index contributed by atoms with van der Waals surface area (Å²) in [6, 6.07) is 6.44. The molecule has 28 heavy (non-hydrogen) atoms. The lowest BCUT2D eigenvalue weighted by Gasteiger charge is -2.12. The second kappa shape index (κ2) is 9.60. The monoisotopic (exact) mass is 412 g/mol. The molecule has 0 unspecified atom stereocenters. The fourth-order valence-corrected chi connectivity index (χ4v) is 2.59. The molecule has 2 aromatic rings. The van der Waals surface area contributed by atoms with E-state index in [2.05, 4.69) is 15.3 Å². The third kappa shape index (κ3) is 6.16. The van der Waals surface area contributed by atoms with Crippen molar-refractivity contribution in [3.63, 3.8) is 0 Å². The molecule has 0 aliphatic carbocycles. The number of nitrogens with one attached hydrogen (secondary N) is 2. The lowest BCUT2D eigenvalue weighted by Crippen LogP contribution is -2.37. The fraction of sp³-hybridized carbons (Fsp3) is 0.312. The number of para-hydroxylation sites is 2. The van der Waals surface area contributed by atoms with Crippen molar-refractivity contribution < 1.29 is 31.6 Å². The number of aromatic nitrogens is 2. The Hall–Kier alpha value is -3.28. The van der Waals surface area contributed by atoms with Gasteiger partial charge in [-0.15, -0.1) is 0 Å². The standard InChI is InChI=1S/C16H20N4O7S/c1-4-9-26-11-7-5-6-8-12(11)27-28(22,23)20-16(21)19-15-17-13(24-2)10-14(18-15)25-3/h5-8,10H,4,9H2,1-3H3,(H2,17,18,19,20,21). The second-order valence-electron chi connectivity index (χ2n) is 5.17. The number of methoxy groups -OCH3 is 2. The molecule has 1 aromatic carbocycles. The van der Waals surface area contributed by atoms with Gasteiger partial charge in [-0.1, -0.05) is 19.1 Å². The van der Waals surface area contributed by atoms with Crippen molar-refractivity contribution in [2.75, 3.05) is 26.1 Å². The Morgan fingerprint density at radius 3 is 2.25 bits per heavy atom. The van der Waals surface area contributed by atoms with E-state index in [0.29, 0.717) is 6.61 Å². The maximum absolute atomic E-state index is 12.1. The highest BCUT2D eigenvalue weighted by Crippen LogP contribution is 2.27. The molecule has 0 saturated carbocycles. The molecule has 1 aromatic heterocycles. The van der Waals surface area contributed by atoms with E-state index in [0.717, 1.165) is 6.42 Å². The molecule has 1 heterocycles. The minimum Gasteiger partial charge on any atom is -0.490 e.